The summed E-state index contributed by atoms with van der Waals surface area (Å²) < 4.78 is 5.67. The molecule has 1 aromatic heterocycles. The van der Waals surface area contributed by atoms with Gasteiger partial charge >= 0.3 is 0 Å². The number of rotatable bonds is 6. The number of carbonyl (C=O) groups is 2. The Morgan fingerprint density at radius 1 is 1.03 bits per heavy atom. The first-order valence-electron chi connectivity index (χ1n) is 11.3. The molecule has 1 saturated heterocycles. The lowest BCUT2D eigenvalue weighted by Crippen LogP contribution is -2.29. The lowest BCUT2D eigenvalue weighted by Gasteiger charge is -2.26. The number of pyridine rings is 1. The zero-order valence-electron chi connectivity index (χ0n) is 19.8. The van der Waals surface area contributed by atoms with Crippen LogP contribution in [0.5, 0.6) is 5.75 Å². The van der Waals surface area contributed by atoms with Gasteiger partial charge in [0.1, 0.15) is 11.5 Å². The first kappa shape index (κ1) is 23.2. The molecule has 1 aliphatic heterocycles. The minimum atomic E-state index is -0.727. The molecule has 1 unspecified atom stereocenters. The number of carbonyl (C=O) groups excluding carboxylic acids is 2. The third-order valence-corrected chi connectivity index (χ3v) is 5.91. The van der Waals surface area contributed by atoms with Crippen molar-refractivity contribution in [2.45, 2.75) is 46.4 Å². The van der Waals surface area contributed by atoms with Crippen LogP contribution in [-0.2, 0) is 16.1 Å². The van der Waals surface area contributed by atoms with Gasteiger partial charge in [-0.25, -0.2) is 0 Å². The number of nitrogens with zero attached hydrogens (tertiary/aromatic N) is 2. The van der Waals surface area contributed by atoms with Crippen molar-refractivity contribution in [3.8, 4) is 5.75 Å². The van der Waals surface area contributed by atoms with Gasteiger partial charge in [-0.1, -0.05) is 23.8 Å². The van der Waals surface area contributed by atoms with Crippen LogP contribution in [-0.4, -0.2) is 32.8 Å². The van der Waals surface area contributed by atoms with Crippen LogP contribution >= 0.6 is 0 Å². The Morgan fingerprint density at radius 3 is 2.35 bits per heavy atom. The highest BCUT2D eigenvalue weighted by molar-refractivity contribution is 6.46. The Balaban J connectivity index is 1.80. The van der Waals surface area contributed by atoms with E-state index in [2.05, 4.69) is 4.98 Å². The highest BCUT2D eigenvalue weighted by Crippen LogP contribution is 2.40. The van der Waals surface area contributed by atoms with Gasteiger partial charge < -0.3 is 14.7 Å². The van der Waals surface area contributed by atoms with Crippen molar-refractivity contribution in [2.24, 2.45) is 0 Å². The summed E-state index contributed by atoms with van der Waals surface area (Å²) in [6.07, 6.45) is 3.25. The highest BCUT2D eigenvalue weighted by Gasteiger charge is 2.46. The topological polar surface area (TPSA) is 79.7 Å². The molecule has 6 heteroatoms. The first-order valence-corrected chi connectivity index (χ1v) is 11.3. The molecule has 2 heterocycles. The number of hydrogen-bond donors (Lipinski definition) is 1. The van der Waals surface area contributed by atoms with Gasteiger partial charge in [-0.3, -0.25) is 14.6 Å². The van der Waals surface area contributed by atoms with Gasteiger partial charge in [-0.2, -0.15) is 0 Å². The lowest BCUT2D eigenvalue weighted by molar-refractivity contribution is -0.140. The molecule has 0 bridgehead atoms. The predicted octanol–water partition coefficient (Wildman–Crippen LogP) is 5.11. The molecule has 0 saturated carbocycles. The monoisotopic (exact) mass is 456 g/mol. The lowest BCUT2D eigenvalue weighted by atomic mass is 9.95. The summed E-state index contributed by atoms with van der Waals surface area (Å²) in [4.78, 5) is 32.0. The van der Waals surface area contributed by atoms with E-state index < -0.39 is 17.7 Å². The summed E-state index contributed by atoms with van der Waals surface area (Å²) in [5.74, 6) is -0.886. The fourth-order valence-corrected chi connectivity index (χ4v) is 4.21. The van der Waals surface area contributed by atoms with Gasteiger partial charge in [-0.05, 0) is 80.8 Å². The Labute approximate surface area is 199 Å². The van der Waals surface area contributed by atoms with E-state index >= 15 is 0 Å². The number of benzene rings is 2. The third kappa shape index (κ3) is 4.57. The second-order valence-corrected chi connectivity index (χ2v) is 8.83. The first-order chi connectivity index (χ1) is 16.3. The van der Waals surface area contributed by atoms with Gasteiger partial charge in [-0.15, -0.1) is 0 Å². The average molecular weight is 457 g/mol. The Bertz CT molecular complexity index is 1250. The molecule has 3 aromatic rings. The summed E-state index contributed by atoms with van der Waals surface area (Å²) in [6.45, 7) is 8.08. The third-order valence-electron chi connectivity index (χ3n) is 5.91. The number of amides is 1. The fourth-order valence-electron chi connectivity index (χ4n) is 4.21. The minimum absolute atomic E-state index is 0.0153. The van der Waals surface area contributed by atoms with E-state index in [4.69, 9.17) is 4.74 Å². The largest absolute Gasteiger partial charge is 0.507 e. The molecule has 174 valence electrons. The molecule has 2 aromatic carbocycles. The molecule has 6 nitrogen and oxygen atoms in total. The van der Waals surface area contributed by atoms with Gasteiger partial charge in [0.25, 0.3) is 11.7 Å². The number of Topliss-reactive ketones (excluding diaryl/α,β-unsaturated/α-hetero) is 1. The highest BCUT2D eigenvalue weighted by atomic mass is 16.5. The number of ether oxygens (including phenoxy) is 1. The number of ketones is 1. The van der Waals surface area contributed by atoms with Crippen LogP contribution < -0.4 is 4.74 Å². The van der Waals surface area contributed by atoms with Crippen LogP contribution in [0, 0.1) is 13.8 Å². The maximum Gasteiger partial charge on any atom is 0.295 e. The van der Waals surface area contributed by atoms with Crippen LogP contribution in [0.2, 0.25) is 0 Å². The quantitative estimate of drug-likeness (QED) is 0.317. The van der Waals surface area contributed by atoms with Crippen molar-refractivity contribution in [1.29, 1.82) is 0 Å². The van der Waals surface area contributed by atoms with Crippen LogP contribution in [0.25, 0.3) is 5.76 Å². The summed E-state index contributed by atoms with van der Waals surface area (Å²) in [7, 11) is 0. The number of aromatic nitrogens is 1. The second-order valence-electron chi connectivity index (χ2n) is 8.83. The van der Waals surface area contributed by atoms with E-state index in [1.54, 1.807) is 48.8 Å². The SMILES string of the molecule is Cc1ccc(C)c(CN2C(=O)C(=O)/C(=C(/O)c3ccc(OC(C)C)cc3)C2c2ccncc2)c1. The standard InChI is InChI=1S/C28H28N2O4/c1-17(2)34-23-9-7-21(8-10-23)26(31)24-25(20-11-13-29-14-12-20)30(28(33)27(24)32)16-22-15-18(3)5-6-19(22)4/h5-15,17,25,31H,16H2,1-4H3/b26-24+. The van der Waals surface area contributed by atoms with E-state index in [-0.39, 0.29) is 24.0 Å². The zero-order valence-corrected chi connectivity index (χ0v) is 19.8. The molecule has 1 fully saturated rings. The van der Waals surface area contributed by atoms with Gasteiger partial charge in [0.05, 0.1) is 17.7 Å². The summed E-state index contributed by atoms with van der Waals surface area (Å²) in [5.41, 5.74) is 4.28. The number of likely N-dealkylation sites (tertiary alicyclic amines) is 1. The molecule has 1 aliphatic rings. The second kappa shape index (κ2) is 9.51. The van der Waals surface area contributed by atoms with E-state index in [1.165, 1.54) is 4.90 Å². The molecule has 0 spiro atoms. The molecular formula is C28H28N2O4. The predicted molar refractivity (Wildman–Crippen MR) is 130 cm³/mol. The molecule has 4 rings (SSSR count). The number of hydrogen-bond acceptors (Lipinski definition) is 5. The minimum Gasteiger partial charge on any atom is -0.507 e. The molecule has 1 N–H and O–H groups in total. The fraction of sp³-hybridized carbons (Fsp3) is 0.250. The van der Waals surface area contributed by atoms with Crippen molar-refractivity contribution >= 4 is 17.4 Å². The van der Waals surface area contributed by atoms with Gasteiger partial charge in [0, 0.05) is 24.5 Å². The molecule has 34 heavy (non-hydrogen) atoms. The average Bonchev–Trinajstić information content (AvgIpc) is 3.06. The molecule has 0 aliphatic carbocycles. The Hall–Kier alpha value is -3.93. The van der Waals surface area contributed by atoms with Gasteiger partial charge in [0.2, 0.25) is 0 Å². The molecule has 1 atom stereocenters. The summed E-state index contributed by atoms with van der Waals surface area (Å²) in [6, 6.07) is 15.7. The summed E-state index contributed by atoms with van der Waals surface area (Å²) in [5, 5.41) is 11.2. The maximum absolute atomic E-state index is 13.2. The normalized spacial score (nSPS) is 17.4. The maximum atomic E-state index is 13.2. The smallest absolute Gasteiger partial charge is 0.295 e. The van der Waals surface area contributed by atoms with Crippen molar-refractivity contribution in [3.05, 3.63) is 100 Å². The van der Waals surface area contributed by atoms with Crippen molar-refractivity contribution in [2.75, 3.05) is 0 Å². The van der Waals surface area contributed by atoms with Gasteiger partial charge in [0.15, 0.2) is 0 Å². The summed E-state index contributed by atoms with van der Waals surface area (Å²) >= 11 is 0. The van der Waals surface area contributed by atoms with Crippen LogP contribution in [0.1, 0.15) is 47.7 Å². The number of aliphatic hydroxyl groups is 1. The van der Waals surface area contributed by atoms with Crippen molar-refractivity contribution in [3.63, 3.8) is 0 Å². The van der Waals surface area contributed by atoms with Crippen LogP contribution in [0.15, 0.2) is 72.6 Å². The van der Waals surface area contributed by atoms with Crippen LogP contribution in [0.4, 0.5) is 0 Å². The Kier molecular flexibility index (Phi) is 6.50. The number of aryl methyl sites for hydroxylation is 2. The zero-order chi connectivity index (χ0) is 24.4. The van der Waals surface area contributed by atoms with Crippen molar-refractivity contribution < 1.29 is 19.4 Å². The number of aliphatic hydroxyl groups excluding tert-OH is 1. The van der Waals surface area contributed by atoms with E-state index in [0.29, 0.717) is 16.9 Å². The van der Waals surface area contributed by atoms with E-state index in [1.807, 2.05) is 45.9 Å². The van der Waals surface area contributed by atoms with E-state index in [0.717, 1.165) is 16.7 Å². The Morgan fingerprint density at radius 2 is 1.71 bits per heavy atom. The van der Waals surface area contributed by atoms with E-state index in [9.17, 15) is 14.7 Å². The van der Waals surface area contributed by atoms with Crippen LogP contribution in [0.3, 0.4) is 0 Å². The molecular weight excluding hydrogens is 428 g/mol. The molecule has 1 amide bonds. The molecule has 0 radical (unpaired) electrons. The van der Waals surface area contributed by atoms with Crippen molar-refractivity contribution in [1.82, 2.24) is 9.88 Å².